The Morgan fingerprint density at radius 3 is 2.67 bits per heavy atom. The summed E-state index contributed by atoms with van der Waals surface area (Å²) in [6.07, 6.45) is 9.13. The highest BCUT2D eigenvalue weighted by Crippen LogP contribution is 2.24. The van der Waals surface area contributed by atoms with Gasteiger partial charge < -0.3 is 9.88 Å². The molecule has 1 aromatic heterocycles. The van der Waals surface area contributed by atoms with Crippen LogP contribution in [0.2, 0.25) is 0 Å². The molecule has 0 spiro atoms. The molecule has 0 saturated heterocycles. The van der Waals surface area contributed by atoms with Crippen LogP contribution in [0.25, 0.3) is 0 Å². The Bertz CT molecular complexity index is 339. The van der Waals surface area contributed by atoms with E-state index >= 15 is 0 Å². The molecule has 0 aromatic carbocycles. The molecular formula is C15H29N3. The van der Waals surface area contributed by atoms with Gasteiger partial charge in [-0.3, -0.25) is 0 Å². The second kappa shape index (κ2) is 6.81. The van der Waals surface area contributed by atoms with E-state index < -0.39 is 0 Å². The zero-order chi connectivity index (χ0) is 13.6. The molecule has 0 bridgehead atoms. The Balaban J connectivity index is 2.45. The lowest BCUT2D eigenvalue weighted by atomic mass is 9.87. The van der Waals surface area contributed by atoms with Crippen LogP contribution in [0.1, 0.15) is 66.3 Å². The minimum Gasteiger partial charge on any atom is -0.355 e. The molecule has 104 valence electrons. The summed E-state index contributed by atoms with van der Waals surface area (Å²) in [5, 5.41) is 3.49. The third-order valence-electron chi connectivity index (χ3n) is 3.41. The van der Waals surface area contributed by atoms with E-state index in [-0.39, 0.29) is 0 Å². The average molecular weight is 251 g/mol. The monoisotopic (exact) mass is 251 g/mol. The SMILES string of the molecule is CCCCCC(C)(C)CNc1nccn1C(C)C. The summed E-state index contributed by atoms with van der Waals surface area (Å²) in [7, 11) is 0. The van der Waals surface area contributed by atoms with Gasteiger partial charge in [-0.2, -0.15) is 0 Å². The topological polar surface area (TPSA) is 29.9 Å². The number of nitrogens with zero attached hydrogens (tertiary/aromatic N) is 2. The fraction of sp³-hybridized carbons (Fsp3) is 0.800. The molecule has 0 amide bonds. The van der Waals surface area contributed by atoms with Gasteiger partial charge in [0.1, 0.15) is 0 Å². The Labute approximate surface area is 112 Å². The Hall–Kier alpha value is -0.990. The van der Waals surface area contributed by atoms with Crippen LogP contribution in [0.5, 0.6) is 0 Å². The lowest BCUT2D eigenvalue weighted by molar-refractivity contribution is 0.341. The first-order valence-electron chi connectivity index (χ1n) is 7.23. The summed E-state index contributed by atoms with van der Waals surface area (Å²) >= 11 is 0. The molecule has 1 rings (SSSR count). The van der Waals surface area contributed by atoms with E-state index in [0.717, 1.165) is 12.5 Å². The van der Waals surface area contributed by atoms with Crippen molar-refractivity contribution in [3.63, 3.8) is 0 Å². The molecule has 0 atom stereocenters. The zero-order valence-electron chi connectivity index (χ0n) is 12.7. The maximum Gasteiger partial charge on any atom is 0.203 e. The fourth-order valence-corrected chi connectivity index (χ4v) is 2.13. The molecule has 0 fully saturated rings. The molecule has 1 aromatic rings. The second-order valence-corrected chi connectivity index (χ2v) is 6.23. The first kappa shape index (κ1) is 15.1. The molecule has 3 heteroatoms. The van der Waals surface area contributed by atoms with E-state index in [9.17, 15) is 0 Å². The Kier molecular flexibility index (Phi) is 5.70. The van der Waals surface area contributed by atoms with Gasteiger partial charge in [0.25, 0.3) is 0 Å². The van der Waals surface area contributed by atoms with Crippen LogP contribution in [-0.4, -0.2) is 16.1 Å². The molecule has 0 radical (unpaired) electrons. The highest BCUT2D eigenvalue weighted by atomic mass is 15.2. The van der Waals surface area contributed by atoms with Crippen molar-refractivity contribution in [3.05, 3.63) is 12.4 Å². The first-order valence-corrected chi connectivity index (χ1v) is 7.23. The molecule has 0 saturated carbocycles. The molecule has 0 aliphatic heterocycles. The number of nitrogens with one attached hydrogen (secondary N) is 1. The highest BCUT2D eigenvalue weighted by Gasteiger charge is 2.18. The van der Waals surface area contributed by atoms with Gasteiger partial charge in [-0.25, -0.2) is 4.98 Å². The van der Waals surface area contributed by atoms with E-state index in [1.165, 1.54) is 25.7 Å². The Morgan fingerprint density at radius 2 is 2.06 bits per heavy atom. The van der Waals surface area contributed by atoms with Gasteiger partial charge in [0.05, 0.1) is 0 Å². The minimum atomic E-state index is 0.336. The molecule has 3 nitrogen and oxygen atoms in total. The molecule has 0 unspecified atom stereocenters. The van der Waals surface area contributed by atoms with Crippen molar-refractivity contribution in [1.82, 2.24) is 9.55 Å². The second-order valence-electron chi connectivity index (χ2n) is 6.23. The summed E-state index contributed by atoms with van der Waals surface area (Å²) in [6.45, 7) is 12.3. The molecule has 0 aliphatic carbocycles. The average Bonchev–Trinajstić information content (AvgIpc) is 2.75. The summed E-state index contributed by atoms with van der Waals surface area (Å²) in [5.41, 5.74) is 0.336. The minimum absolute atomic E-state index is 0.336. The van der Waals surface area contributed by atoms with Crippen molar-refractivity contribution < 1.29 is 0 Å². The maximum absolute atomic E-state index is 4.39. The predicted octanol–water partition coefficient (Wildman–Crippen LogP) is 4.48. The predicted molar refractivity (Wildman–Crippen MR) is 79.0 cm³/mol. The van der Waals surface area contributed by atoms with Crippen LogP contribution >= 0.6 is 0 Å². The van der Waals surface area contributed by atoms with Crippen molar-refractivity contribution in [2.24, 2.45) is 5.41 Å². The largest absolute Gasteiger partial charge is 0.355 e. The van der Waals surface area contributed by atoms with Crippen LogP contribution in [0, 0.1) is 5.41 Å². The van der Waals surface area contributed by atoms with Gasteiger partial charge in [0.2, 0.25) is 5.95 Å². The molecule has 1 N–H and O–H groups in total. The first-order chi connectivity index (χ1) is 8.46. The standard InChI is InChI=1S/C15H29N3/c1-6-7-8-9-15(4,5)12-17-14-16-10-11-18(14)13(2)3/h10-11,13H,6-9,12H2,1-5H3,(H,16,17). The maximum atomic E-state index is 4.39. The summed E-state index contributed by atoms with van der Waals surface area (Å²) < 4.78 is 2.18. The van der Waals surface area contributed by atoms with E-state index in [0.29, 0.717) is 11.5 Å². The fourth-order valence-electron chi connectivity index (χ4n) is 2.13. The quantitative estimate of drug-likeness (QED) is 0.690. The summed E-state index contributed by atoms with van der Waals surface area (Å²) in [5.74, 6) is 0.994. The van der Waals surface area contributed by atoms with Gasteiger partial charge in [-0.05, 0) is 25.7 Å². The van der Waals surface area contributed by atoms with Crippen LogP contribution in [0.15, 0.2) is 12.4 Å². The number of unbranched alkanes of at least 4 members (excludes halogenated alkanes) is 2. The van der Waals surface area contributed by atoms with Crippen molar-refractivity contribution in [2.45, 2.75) is 66.3 Å². The smallest absolute Gasteiger partial charge is 0.203 e. The summed E-state index contributed by atoms with van der Waals surface area (Å²) in [6, 6.07) is 0.457. The third kappa shape index (κ3) is 4.71. The Morgan fingerprint density at radius 1 is 1.33 bits per heavy atom. The number of rotatable bonds is 8. The number of imidazole rings is 1. The highest BCUT2D eigenvalue weighted by molar-refractivity contribution is 5.26. The lowest BCUT2D eigenvalue weighted by Crippen LogP contribution is -2.24. The van der Waals surface area contributed by atoms with Crippen LogP contribution in [-0.2, 0) is 0 Å². The third-order valence-corrected chi connectivity index (χ3v) is 3.41. The van der Waals surface area contributed by atoms with E-state index in [4.69, 9.17) is 0 Å². The van der Waals surface area contributed by atoms with Gasteiger partial charge in [0, 0.05) is 25.0 Å². The number of hydrogen-bond donors (Lipinski definition) is 1. The summed E-state index contributed by atoms with van der Waals surface area (Å²) in [4.78, 5) is 4.39. The number of anilines is 1. The van der Waals surface area contributed by atoms with Crippen LogP contribution in [0.3, 0.4) is 0 Å². The molecule has 18 heavy (non-hydrogen) atoms. The van der Waals surface area contributed by atoms with Crippen LogP contribution in [0.4, 0.5) is 5.95 Å². The number of aromatic nitrogens is 2. The zero-order valence-corrected chi connectivity index (χ0v) is 12.7. The molecule has 0 aliphatic rings. The van der Waals surface area contributed by atoms with Gasteiger partial charge in [-0.15, -0.1) is 0 Å². The van der Waals surface area contributed by atoms with Gasteiger partial charge in [0.15, 0.2) is 0 Å². The normalized spacial score (nSPS) is 12.1. The molecule has 1 heterocycles. The van der Waals surface area contributed by atoms with E-state index in [2.05, 4.69) is 49.5 Å². The van der Waals surface area contributed by atoms with Crippen molar-refractivity contribution in [1.29, 1.82) is 0 Å². The number of hydrogen-bond acceptors (Lipinski definition) is 2. The van der Waals surface area contributed by atoms with Gasteiger partial charge >= 0.3 is 0 Å². The van der Waals surface area contributed by atoms with Crippen molar-refractivity contribution >= 4 is 5.95 Å². The van der Waals surface area contributed by atoms with E-state index in [1.54, 1.807) is 0 Å². The lowest BCUT2D eigenvalue weighted by Gasteiger charge is -2.25. The van der Waals surface area contributed by atoms with Gasteiger partial charge in [-0.1, -0.05) is 40.0 Å². The van der Waals surface area contributed by atoms with Crippen molar-refractivity contribution in [3.8, 4) is 0 Å². The van der Waals surface area contributed by atoms with Crippen LogP contribution < -0.4 is 5.32 Å². The van der Waals surface area contributed by atoms with E-state index in [1.807, 2.05) is 12.4 Å². The molecular weight excluding hydrogens is 222 g/mol. The van der Waals surface area contributed by atoms with Crippen molar-refractivity contribution in [2.75, 3.05) is 11.9 Å².